The summed E-state index contributed by atoms with van der Waals surface area (Å²) < 4.78 is 6.36. The van der Waals surface area contributed by atoms with Gasteiger partial charge in [0.2, 0.25) is 0 Å². The molecule has 139 valence electrons. The van der Waals surface area contributed by atoms with E-state index in [9.17, 15) is 5.11 Å². The number of nitrogens with zero attached hydrogens (tertiary/aromatic N) is 2. The van der Waals surface area contributed by atoms with Gasteiger partial charge in [0.1, 0.15) is 11.9 Å². The maximum Gasteiger partial charge on any atom is 0.189 e. The lowest BCUT2D eigenvalue weighted by Crippen LogP contribution is -2.38. The minimum absolute atomic E-state index is 0.0301. The molecule has 0 saturated carbocycles. The van der Waals surface area contributed by atoms with Crippen LogP contribution in [0.4, 0.5) is 5.69 Å². The Kier molecular flexibility index (Phi) is 4.65. The van der Waals surface area contributed by atoms with Crippen molar-refractivity contribution in [1.82, 2.24) is 4.98 Å². The van der Waals surface area contributed by atoms with Crippen LogP contribution in [0.5, 0.6) is 11.5 Å². The van der Waals surface area contributed by atoms with Crippen molar-refractivity contribution >= 4 is 16.6 Å². The van der Waals surface area contributed by atoms with Crippen molar-refractivity contribution < 1.29 is 9.84 Å². The van der Waals surface area contributed by atoms with Crippen LogP contribution in [-0.4, -0.2) is 24.2 Å². The molecule has 4 nitrogen and oxygen atoms in total. The highest BCUT2D eigenvalue weighted by Gasteiger charge is 2.22. The molecular formula is C23H25N2O2. The molecule has 27 heavy (non-hydrogen) atoms. The van der Waals surface area contributed by atoms with E-state index in [2.05, 4.69) is 42.8 Å². The van der Waals surface area contributed by atoms with Crippen LogP contribution in [-0.2, 0) is 5.11 Å². The molecule has 2 aromatic carbocycles. The van der Waals surface area contributed by atoms with Crippen molar-refractivity contribution in [2.45, 2.75) is 39.7 Å². The molecule has 2 heterocycles. The number of ether oxygens (including phenoxy) is 1. The second-order valence-electron chi connectivity index (χ2n) is 7.54. The Morgan fingerprint density at radius 3 is 2.41 bits per heavy atom. The van der Waals surface area contributed by atoms with Crippen LogP contribution in [0.3, 0.4) is 0 Å². The molecule has 1 fully saturated rings. The fourth-order valence-electron chi connectivity index (χ4n) is 4.06. The molecule has 4 rings (SSSR count). The third-order valence-corrected chi connectivity index (χ3v) is 5.38. The molecule has 1 radical (unpaired) electrons. The van der Waals surface area contributed by atoms with Crippen LogP contribution in [0.25, 0.3) is 10.9 Å². The van der Waals surface area contributed by atoms with Gasteiger partial charge in [0.15, 0.2) is 5.75 Å². The molecule has 1 aliphatic heterocycles. The largest absolute Gasteiger partial charge is 0.490 e. The molecular weight excluding hydrogens is 336 g/mol. The molecule has 0 unspecified atom stereocenters. The highest BCUT2D eigenvalue weighted by molar-refractivity contribution is 5.87. The molecule has 1 saturated heterocycles. The fraction of sp³-hybridized carbons (Fsp3) is 0.348. The summed E-state index contributed by atoms with van der Waals surface area (Å²) in [5.41, 5.74) is 5.59. The summed E-state index contributed by atoms with van der Waals surface area (Å²) in [6.07, 6.45) is 3.80. The fourth-order valence-corrected chi connectivity index (χ4v) is 4.06. The van der Waals surface area contributed by atoms with E-state index in [1.165, 1.54) is 22.8 Å². The van der Waals surface area contributed by atoms with Crippen molar-refractivity contribution in [2.75, 3.05) is 18.0 Å². The number of anilines is 1. The van der Waals surface area contributed by atoms with Gasteiger partial charge in [-0.1, -0.05) is 17.7 Å². The zero-order valence-electron chi connectivity index (χ0n) is 16.2. The van der Waals surface area contributed by atoms with Crippen LogP contribution >= 0.6 is 0 Å². The molecule has 3 aromatic rings. The number of rotatable bonds is 3. The smallest absolute Gasteiger partial charge is 0.189 e. The van der Waals surface area contributed by atoms with E-state index >= 15 is 0 Å². The lowest BCUT2D eigenvalue weighted by atomic mass is 10.0. The first-order valence-electron chi connectivity index (χ1n) is 9.56. The van der Waals surface area contributed by atoms with E-state index in [0.29, 0.717) is 5.39 Å². The van der Waals surface area contributed by atoms with Crippen molar-refractivity contribution in [3.8, 4) is 11.5 Å². The zero-order valence-corrected chi connectivity index (χ0v) is 16.2. The highest BCUT2D eigenvalue weighted by atomic mass is 16.5. The van der Waals surface area contributed by atoms with Crippen LogP contribution in [0, 0.1) is 20.8 Å². The second-order valence-corrected chi connectivity index (χ2v) is 7.54. The summed E-state index contributed by atoms with van der Waals surface area (Å²) in [7, 11) is 0. The monoisotopic (exact) mass is 361 g/mol. The maximum absolute atomic E-state index is 11.9. The van der Waals surface area contributed by atoms with Gasteiger partial charge >= 0.3 is 0 Å². The SMILES string of the molecule is Cc1cc(C)c(OC2CCN(c3ccc4c([O])ccnc4c3)CC2)c(C)c1. The Hall–Kier alpha value is -2.75. The molecule has 0 atom stereocenters. The number of benzene rings is 2. The standard InChI is InChI=1S/C23H25N2O2/c1-15-12-16(2)23(17(3)13-15)27-19-7-10-25(11-8-19)18-4-5-20-21(14-18)24-9-6-22(20)26/h4-6,9,12-14,19H,7-8,10-11H2,1-3H3. The van der Waals surface area contributed by atoms with Crippen molar-refractivity contribution in [3.63, 3.8) is 0 Å². The van der Waals surface area contributed by atoms with Crippen molar-refractivity contribution in [2.24, 2.45) is 0 Å². The first-order chi connectivity index (χ1) is 13.0. The van der Waals surface area contributed by atoms with Gasteiger partial charge in [-0.05, 0) is 50.1 Å². The Morgan fingerprint density at radius 2 is 1.70 bits per heavy atom. The topological polar surface area (TPSA) is 45.3 Å². The van der Waals surface area contributed by atoms with Gasteiger partial charge in [0.25, 0.3) is 0 Å². The lowest BCUT2D eigenvalue weighted by Gasteiger charge is -2.34. The van der Waals surface area contributed by atoms with Gasteiger partial charge in [-0.3, -0.25) is 10.1 Å². The third-order valence-electron chi connectivity index (χ3n) is 5.38. The Morgan fingerprint density at radius 1 is 1.00 bits per heavy atom. The van der Waals surface area contributed by atoms with E-state index in [4.69, 9.17) is 4.74 Å². The Bertz CT molecular complexity index is 952. The minimum Gasteiger partial charge on any atom is -0.490 e. The van der Waals surface area contributed by atoms with Crippen LogP contribution < -0.4 is 9.64 Å². The molecule has 0 bridgehead atoms. The van der Waals surface area contributed by atoms with E-state index < -0.39 is 0 Å². The number of aryl methyl sites for hydroxylation is 3. The summed E-state index contributed by atoms with van der Waals surface area (Å²) in [5.74, 6) is 1.07. The van der Waals surface area contributed by atoms with Crippen molar-refractivity contribution in [3.05, 3.63) is 59.3 Å². The molecule has 0 amide bonds. The molecule has 0 aliphatic carbocycles. The summed E-state index contributed by atoms with van der Waals surface area (Å²) in [6, 6.07) is 11.8. The van der Waals surface area contributed by atoms with Crippen LogP contribution in [0.15, 0.2) is 42.6 Å². The van der Waals surface area contributed by atoms with Gasteiger partial charge in [0, 0.05) is 49.3 Å². The maximum atomic E-state index is 11.9. The second kappa shape index (κ2) is 7.10. The number of hydrogen-bond donors (Lipinski definition) is 0. The summed E-state index contributed by atoms with van der Waals surface area (Å²) in [4.78, 5) is 6.70. The van der Waals surface area contributed by atoms with Gasteiger partial charge in [-0.2, -0.15) is 0 Å². The predicted molar refractivity (Wildman–Crippen MR) is 108 cm³/mol. The van der Waals surface area contributed by atoms with E-state index in [-0.39, 0.29) is 11.9 Å². The predicted octanol–water partition coefficient (Wildman–Crippen LogP) is 5.35. The molecule has 0 spiro atoms. The van der Waals surface area contributed by atoms with Crippen LogP contribution in [0.1, 0.15) is 29.5 Å². The van der Waals surface area contributed by atoms with Crippen LogP contribution in [0.2, 0.25) is 0 Å². The number of pyridine rings is 1. The molecule has 1 aromatic heterocycles. The first-order valence-corrected chi connectivity index (χ1v) is 9.56. The number of hydrogen-bond acceptors (Lipinski definition) is 3. The van der Waals surface area contributed by atoms with E-state index in [1.807, 2.05) is 18.2 Å². The van der Waals surface area contributed by atoms with Gasteiger partial charge in [-0.15, -0.1) is 0 Å². The highest BCUT2D eigenvalue weighted by Crippen LogP contribution is 2.31. The van der Waals surface area contributed by atoms with E-state index in [0.717, 1.165) is 42.9 Å². The molecule has 0 N–H and O–H groups in total. The van der Waals surface area contributed by atoms with Gasteiger partial charge < -0.3 is 9.64 Å². The normalized spacial score (nSPS) is 15.3. The Balaban J connectivity index is 1.45. The number of piperidine rings is 1. The zero-order chi connectivity index (χ0) is 19.0. The molecule has 1 aliphatic rings. The lowest BCUT2D eigenvalue weighted by molar-refractivity contribution is 0.168. The quantitative estimate of drug-likeness (QED) is 0.631. The average molecular weight is 361 g/mol. The summed E-state index contributed by atoms with van der Waals surface area (Å²) in [6.45, 7) is 8.25. The van der Waals surface area contributed by atoms with Gasteiger partial charge in [-0.25, -0.2) is 0 Å². The number of fused-ring (bicyclic) bond motifs is 1. The van der Waals surface area contributed by atoms with Gasteiger partial charge in [0.05, 0.1) is 5.52 Å². The Labute approximate surface area is 160 Å². The first kappa shape index (κ1) is 17.7. The molecule has 4 heteroatoms. The summed E-state index contributed by atoms with van der Waals surface area (Å²) >= 11 is 0. The van der Waals surface area contributed by atoms with Crippen molar-refractivity contribution in [1.29, 1.82) is 0 Å². The average Bonchev–Trinajstić information content (AvgIpc) is 2.65. The van der Waals surface area contributed by atoms with E-state index in [1.54, 1.807) is 6.20 Å². The third kappa shape index (κ3) is 3.57. The summed E-state index contributed by atoms with van der Waals surface area (Å²) in [5, 5.41) is 12.6. The minimum atomic E-state index is 0.0301. The number of aromatic nitrogens is 1.